The minimum Gasteiger partial charge on any atom is -0.505 e. The van der Waals surface area contributed by atoms with Crippen molar-refractivity contribution in [3.63, 3.8) is 0 Å². The van der Waals surface area contributed by atoms with E-state index in [4.69, 9.17) is 9.47 Å². The maximum atomic E-state index is 13.5. The van der Waals surface area contributed by atoms with Crippen molar-refractivity contribution in [1.82, 2.24) is 10.6 Å². The Bertz CT molecular complexity index is 893. The van der Waals surface area contributed by atoms with Gasteiger partial charge in [0, 0.05) is 24.7 Å². The van der Waals surface area contributed by atoms with Crippen molar-refractivity contribution in [2.24, 2.45) is 4.99 Å². The first-order valence-corrected chi connectivity index (χ1v) is 8.83. The number of alkyl halides is 2. The summed E-state index contributed by atoms with van der Waals surface area (Å²) < 4.78 is 54.0. The average Bonchev–Trinajstić information content (AvgIpc) is 3.13. The van der Waals surface area contributed by atoms with Gasteiger partial charge < -0.3 is 30.0 Å². The highest BCUT2D eigenvalue weighted by atomic mass is 19.3. The molecule has 0 atom stereocenters. The molecule has 0 saturated heterocycles. The molecule has 3 rings (SSSR count). The van der Waals surface area contributed by atoms with Gasteiger partial charge in [-0.2, -0.15) is 8.78 Å². The smallest absolute Gasteiger partial charge is 0.387 e. The number of benzene rings is 2. The summed E-state index contributed by atoms with van der Waals surface area (Å²) in [6.07, 6.45) is 0. The van der Waals surface area contributed by atoms with Crippen LogP contribution >= 0.6 is 0 Å². The highest BCUT2D eigenvalue weighted by Crippen LogP contribution is 2.38. The third-order valence-electron chi connectivity index (χ3n) is 3.99. The summed E-state index contributed by atoms with van der Waals surface area (Å²) in [5.74, 6) is -0.0407. The topological polar surface area (TPSA) is 84.3 Å². The van der Waals surface area contributed by atoms with E-state index in [1.54, 1.807) is 12.1 Å². The van der Waals surface area contributed by atoms with Crippen LogP contribution < -0.4 is 24.8 Å². The van der Waals surface area contributed by atoms with E-state index in [2.05, 4.69) is 20.4 Å². The van der Waals surface area contributed by atoms with E-state index in [0.717, 1.165) is 0 Å². The average molecular weight is 411 g/mol. The second kappa shape index (κ2) is 9.26. The minimum absolute atomic E-state index is 0.00756. The number of phenols is 1. The third kappa shape index (κ3) is 5.37. The molecule has 10 heteroatoms. The molecule has 0 radical (unpaired) electrons. The lowest BCUT2D eigenvalue weighted by molar-refractivity contribution is -0.0505. The van der Waals surface area contributed by atoms with E-state index in [9.17, 15) is 18.3 Å². The summed E-state index contributed by atoms with van der Waals surface area (Å²) >= 11 is 0. The Morgan fingerprint density at radius 1 is 1.21 bits per heavy atom. The van der Waals surface area contributed by atoms with Crippen LogP contribution in [0.25, 0.3) is 0 Å². The molecule has 0 saturated carbocycles. The van der Waals surface area contributed by atoms with Gasteiger partial charge in [-0.25, -0.2) is 9.38 Å². The Balaban J connectivity index is 1.73. The van der Waals surface area contributed by atoms with Crippen molar-refractivity contribution >= 4 is 5.96 Å². The van der Waals surface area contributed by atoms with E-state index >= 15 is 0 Å². The van der Waals surface area contributed by atoms with Gasteiger partial charge >= 0.3 is 6.61 Å². The van der Waals surface area contributed by atoms with Gasteiger partial charge in [0.15, 0.2) is 29.0 Å². The number of nitrogens with zero attached hydrogens (tertiary/aromatic N) is 1. The lowest BCUT2D eigenvalue weighted by atomic mass is 10.1. The van der Waals surface area contributed by atoms with Gasteiger partial charge in [-0.15, -0.1) is 0 Å². The van der Waals surface area contributed by atoms with Gasteiger partial charge in [0.2, 0.25) is 6.79 Å². The Hall–Kier alpha value is -3.30. The molecule has 0 amide bonds. The van der Waals surface area contributed by atoms with Crippen LogP contribution in [-0.4, -0.2) is 31.0 Å². The van der Waals surface area contributed by atoms with Crippen molar-refractivity contribution in [3.8, 4) is 23.0 Å². The van der Waals surface area contributed by atoms with Crippen LogP contribution in [0.1, 0.15) is 18.1 Å². The third-order valence-corrected chi connectivity index (χ3v) is 3.99. The molecule has 2 aromatic rings. The van der Waals surface area contributed by atoms with E-state index in [1.807, 2.05) is 6.92 Å². The van der Waals surface area contributed by atoms with Gasteiger partial charge in [-0.05, 0) is 30.7 Å². The highest BCUT2D eigenvalue weighted by molar-refractivity contribution is 5.79. The van der Waals surface area contributed by atoms with E-state index in [-0.39, 0.29) is 25.6 Å². The number of nitrogens with one attached hydrogen (secondary N) is 2. The fourth-order valence-electron chi connectivity index (χ4n) is 2.65. The number of hydrogen-bond acceptors (Lipinski definition) is 5. The largest absolute Gasteiger partial charge is 0.505 e. The molecule has 0 aliphatic carbocycles. The molecular formula is C19H20F3N3O4. The first-order valence-electron chi connectivity index (χ1n) is 8.83. The number of rotatable bonds is 7. The number of guanidine groups is 1. The minimum atomic E-state index is -2.99. The number of halogens is 3. The summed E-state index contributed by atoms with van der Waals surface area (Å²) in [5, 5.41) is 15.3. The van der Waals surface area contributed by atoms with Gasteiger partial charge in [0.25, 0.3) is 0 Å². The summed E-state index contributed by atoms with van der Waals surface area (Å²) in [5.41, 5.74) is 0.984. The number of fused-ring (bicyclic) bond motifs is 1. The molecule has 0 bridgehead atoms. The number of aliphatic imine (C=N–C) groups is 1. The molecule has 7 nitrogen and oxygen atoms in total. The zero-order chi connectivity index (χ0) is 20.8. The second-order valence-electron chi connectivity index (χ2n) is 6.03. The molecule has 1 aliphatic rings. The molecule has 29 heavy (non-hydrogen) atoms. The number of ether oxygens (including phenoxy) is 3. The fourth-order valence-corrected chi connectivity index (χ4v) is 2.65. The maximum Gasteiger partial charge on any atom is 0.387 e. The summed E-state index contributed by atoms with van der Waals surface area (Å²) in [4.78, 5) is 4.33. The highest BCUT2D eigenvalue weighted by Gasteiger charge is 2.20. The van der Waals surface area contributed by atoms with Crippen LogP contribution in [0.3, 0.4) is 0 Å². The summed E-state index contributed by atoms with van der Waals surface area (Å²) in [6, 6.07) is 6.91. The maximum absolute atomic E-state index is 13.5. The van der Waals surface area contributed by atoms with Gasteiger partial charge in [0.1, 0.15) is 5.75 Å². The van der Waals surface area contributed by atoms with Gasteiger partial charge in [-0.1, -0.05) is 6.07 Å². The quantitative estimate of drug-likeness (QED) is 0.480. The fraction of sp³-hybridized carbons (Fsp3) is 0.316. The number of aromatic hydroxyl groups is 1. The first-order chi connectivity index (χ1) is 14.0. The van der Waals surface area contributed by atoms with Crippen molar-refractivity contribution in [1.29, 1.82) is 0 Å². The summed E-state index contributed by atoms with van der Waals surface area (Å²) in [6.45, 7) is -0.294. The van der Waals surface area contributed by atoms with Crippen LogP contribution in [0.2, 0.25) is 0 Å². The molecule has 0 spiro atoms. The monoisotopic (exact) mass is 411 g/mol. The molecule has 1 aliphatic heterocycles. The van der Waals surface area contributed by atoms with Crippen molar-refractivity contribution < 1.29 is 32.5 Å². The zero-order valence-corrected chi connectivity index (χ0v) is 15.5. The zero-order valence-electron chi connectivity index (χ0n) is 15.5. The summed E-state index contributed by atoms with van der Waals surface area (Å²) in [7, 11) is 0. The first kappa shape index (κ1) is 20.4. The van der Waals surface area contributed by atoms with Crippen LogP contribution in [-0.2, 0) is 13.1 Å². The van der Waals surface area contributed by atoms with Crippen LogP contribution in [0.15, 0.2) is 35.3 Å². The Labute approximate surface area is 165 Å². The molecule has 3 N–H and O–H groups in total. The Morgan fingerprint density at radius 3 is 2.66 bits per heavy atom. The molecule has 0 fully saturated rings. The van der Waals surface area contributed by atoms with E-state index in [1.165, 1.54) is 18.2 Å². The van der Waals surface area contributed by atoms with Crippen molar-refractivity contribution in [3.05, 3.63) is 47.3 Å². The lowest BCUT2D eigenvalue weighted by Crippen LogP contribution is -2.36. The van der Waals surface area contributed by atoms with Crippen LogP contribution in [0.4, 0.5) is 13.2 Å². The lowest BCUT2D eigenvalue weighted by Gasteiger charge is -2.15. The van der Waals surface area contributed by atoms with Crippen molar-refractivity contribution in [2.45, 2.75) is 26.6 Å². The molecule has 0 unspecified atom stereocenters. The van der Waals surface area contributed by atoms with Crippen LogP contribution in [0.5, 0.6) is 23.0 Å². The molecular weight excluding hydrogens is 391 g/mol. The number of hydrogen-bond donors (Lipinski definition) is 3. The van der Waals surface area contributed by atoms with E-state index < -0.39 is 18.2 Å². The SMILES string of the molecule is CCNC(=NCc1ccc(O)c(F)c1)NCc1cc2c(cc1OC(F)F)OCO2. The molecule has 1 heterocycles. The molecule has 2 aromatic carbocycles. The predicted molar refractivity (Wildman–Crippen MR) is 98.9 cm³/mol. The normalized spacial score (nSPS) is 12.9. The van der Waals surface area contributed by atoms with Gasteiger partial charge in [0.05, 0.1) is 6.54 Å². The van der Waals surface area contributed by atoms with Crippen LogP contribution in [0, 0.1) is 5.82 Å². The Morgan fingerprint density at radius 2 is 1.97 bits per heavy atom. The van der Waals surface area contributed by atoms with Crippen molar-refractivity contribution in [2.75, 3.05) is 13.3 Å². The Kier molecular flexibility index (Phi) is 6.53. The molecule has 156 valence electrons. The number of phenolic OH excluding ortho intramolecular Hbond substituents is 1. The standard InChI is InChI=1S/C19H20F3N3O4/c1-2-23-19(24-8-11-3-4-14(26)13(20)5-11)25-9-12-6-16-17(28-10-27-16)7-15(12)29-18(21)22/h3-7,18,26H,2,8-10H2,1H3,(H2,23,24,25). The van der Waals surface area contributed by atoms with E-state index in [0.29, 0.717) is 35.1 Å². The molecule has 0 aromatic heterocycles. The van der Waals surface area contributed by atoms with Gasteiger partial charge in [-0.3, -0.25) is 0 Å². The predicted octanol–water partition coefficient (Wildman–Crippen LogP) is 3.12. The second-order valence-corrected chi connectivity index (χ2v) is 6.03.